The molecule has 3 aromatic rings. The monoisotopic (exact) mass is 406 g/mol. The number of benzene rings is 3. The van der Waals surface area contributed by atoms with E-state index < -0.39 is 0 Å². The minimum Gasteiger partial charge on any atom is -0.482 e. The lowest BCUT2D eigenvalue weighted by atomic mass is 10.1. The number of rotatable bonds is 6. The van der Waals surface area contributed by atoms with Crippen LogP contribution in [0.2, 0.25) is 5.02 Å². The molecule has 3 rings (SSSR count). The Labute approximate surface area is 176 Å². The fourth-order valence-electron chi connectivity index (χ4n) is 2.78. The van der Waals surface area contributed by atoms with Crippen molar-refractivity contribution in [1.29, 1.82) is 0 Å². The average Bonchev–Trinajstić information content (AvgIpc) is 2.68. The maximum atomic E-state index is 12.1. The molecule has 0 aliphatic carbocycles. The first-order valence-corrected chi connectivity index (χ1v) is 9.69. The minimum atomic E-state index is -0.243. The van der Waals surface area contributed by atoms with Crippen molar-refractivity contribution in [3.63, 3.8) is 0 Å². The van der Waals surface area contributed by atoms with Gasteiger partial charge in [-0.25, -0.2) is 0 Å². The number of aryl methyl sites for hydroxylation is 3. The highest BCUT2D eigenvalue weighted by Crippen LogP contribution is 2.26. The van der Waals surface area contributed by atoms with Crippen LogP contribution < -0.4 is 10.1 Å². The Hall–Kier alpha value is -3.11. The number of carbonyl (C=O) groups is 1. The topological polar surface area (TPSA) is 50.7 Å². The van der Waals surface area contributed by atoms with Crippen LogP contribution in [0.4, 0.5) is 11.4 Å². The summed E-state index contributed by atoms with van der Waals surface area (Å²) in [5, 5.41) is 3.23. The van der Waals surface area contributed by atoms with E-state index in [1.807, 2.05) is 63.2 Å². The molecular formula is C24H23ClN2O2. The predicted molar refractivity (Wildman–Crippen MR) is 120 cm³/mol. The highest BCUT2D eigenvalue weighted by molar-refractivity contribution is 6.32. The summed E-state index contributed by atoms with van der Waals surface area (Å²) in [5.74, 6) is 0.210. The van der Waals surface area contributed by atoms with Gasteiger partial charge in [-0.15, -0.1) is 0 Å². The number of halogens is 1. The molecule has 0 spiro atoms. The first-order valence-electron chi connectivity index (χ1n) is 9.31. The molecule has 1 N–H and O–H groups in total. The number of hydrogen-bond acceptors (Lipinski definition) is 3. The second-order valence-corrected chi connectivity index (χ2v) is 7.35. The Morgan fingerprint density at radius 3 is 2.59 bits per heavy atom. The van der Waals surface area contributed by atoms with E-state index in [9.17, 15) is 4.79 Å². The van der Waals surface area contributed by atoms with Crippen molar-refractivity contribution in [1.82, 2.24) is 0 Å². The van der Waals surface area contributed by atoms with Crippen molar-refractivity contribution in [3.05, 3.63) is 87.9 Å². The molecule has 148 valence electrons. The van der Waals surface area contributed by atoms with Crippen LogP contribution in [0, 0.1) is 20.8 Å². The normalized spacial score (nSPS) is 10.9. The summed E-state index contributed by atoms with van der Waals surface area (Å²) in [6.07, 6.45) is 1.77. The highest BCUT2D eigenvalue weighted by Gasteiger charge is 2.07. The standard InChI is InChI=1S/C24H23ClN2O2/c1-16-5-4-6-20(11-16)27-24(28)15-29-23-10-9-19(13-21(23)25)14-26-22-12-17(2)7-8-18(22)3/h4-14H,15H2,1-3H3,(H,27,28). The lowest BCUT2D eigenvalue weighted by Crippen LogP contribution is -2.20. The Morgan fingerprint density at radius 1 is 1.03 bits per heavy atom. The molecule has 5 heteroatoms. The van der Waals surface area contributed by atoms with Crippen LogP contribution in [0.1, 0.15) is 22.3 Å². The van der Waals surface area contributed by atoms with Gasteiger partial charge in [0, 0.05) is 11.9 Å². The van der Waals surface area contributed by atoms with Crippen molar-refractivity contribution in [3.8, 4) is 5.75 Å². The lowest BCUT2D eigenvalue weighted by Gasteiger charge is -2.09. The number of aliphatic imine (C=N–C) groups is 1. The van der Waals surface area contributed by atoms with Gasteiger partial charge in [-0.2, -0.15) is 0 Å². The molecule has 0 aliphatic rings. The number of carbonyl (C=O) groups excluding carboxylic acids is 1. The van der Waals surface area contributed by atoms with Crippen LogP contribution in [0.3, 0.4) is 0 Å². The molecule has 4 nitrogen and oxygen atoms in total. The van der Waals surface area contributed by atoms with Crippen LogP contribution in [0.5, 0.6) is 5.75 Å². The third-order valence-electron chi connectivity index (χ3n) is 4.33. The molecule has 29 heavy (non-hydrogen) atoms. The number of nitrogens with one attached hydrogen (secondary N) is 1. The van der Waals surface area contributed by atoms with Gasteiger partial charge in [-0.3, -0.25) is 9.79 Å². The molecule has 3 aromatic carbocycles. The second-order valence-electron chi connectivity index (χ2n) is 6.94. The van der Waals surface area contributed by atoms with Crippen LogP contribution in [-0.2, 0) is 4.79 Å². The van der Waals surface area contributed by atoms with E-state index in [-0.39, 0.29) is 12.5 Å². The van der Waals surface area contributed by atoms with E-state index in [0.717, 1.165) is 33.6 Å². The first-order chi connectivity index (χ1) is 13.9. The van der Waals surface area contributed by atoms with Gasteiger partial charge >= 0.3 is 0 Å². The average molecular weight is 407 g/mol. The maximum Gasteiger partial charge on any atom is 0.262 e. The Kier molecular flexibility index (Phi) is 6.68. The second kappa shape index (κ2) is 9.39. The fourth-order valence-corrected chi connectivity index (χ4v) is 3.02. The van der Waals surface area contributed by atoms with Crippen molar-refractivity contribution in [2.45, 2.75) is 20.8 Å². The van der Waals surface area contributed by atoms with Gasteiger partial charge in [-0.1, -0.05) is 35.9 Å². The van der Waals surface area contributed by atoms with E-state index in [1.165, 1.54) is 0 Å². The quantitative estimate of drug-likeness (QED) is 0.508. The van der Waals surface area contributed by atoms with Gasteiger partial charge in [0.05, 0.1) is 10.7 Å². The maximum absolute atomic E-state index is 12.1. The molecule has 0 fully saturated rings. The smallest absolute Gasteiger partial charge is 0.262 e. The van der Waals surface area contributed by atoms with E-state index in [2.05, 4.69) is 16.4 Å². The largest absolute Gasteiger partial charge is 0.482 e. The summed E-state index contributed by atoms with van der Waals surface area (Å²) in [6, 6.07) is 19.1. The number of nitrogens with zero attached hydrogens (tertiary/aromatic N) is 1. The molecule has 0 atom stereocenters. The summed E-state index contributed by atoms with van der Waals surface area (Å²) >= 11 is 6.31. The van der Waals surface area contributed by atoms with Gasteiger partial charge in [0.25, 0.3) is 5.91 Å². The third-order valence-corrected chi connectivity index (χ3v) is 4.63. The molecular weight excluding hydrogens is 384 g/mol. The third kappa shape index (κ3) is 5.93. The van der Waals surface area contributed by atoms with Crippen LogP contribution in [0.15, 0.2) is 65.7 Å². The molecule has 0 unspecified atom stereocenters. The molecule has 0 aliphatic heterocycles. The highest BCUT2D eigenvalue weighted by atomic mass is 35.5. The minimum absolute atomic E-state index is 0.121. The Bertz CT molecular complexity index is 1060. The van der Waals surface area contributed by atoms with E-state index in [1.54, 1.807) is 18.3 Å². The Morgan fingerprint density at radius 2 is 1.83 bits per heavy atom. The zero-order chi connectivity index (χ0) is 20.8. The number of amides is 1. The van der Waals surface area contributed by atoms with Crippen molar-refractivity contribution >= 4 is 35.1 Å². The van der Waals surface area contributed by atoms with Crippen molar-refractivity contribution in [2.75, 3.05) is 11.9 Å². The SMILES string of the molecule is Cc1cccc(NC(=O)COc2ccc(C=Nc3cc(C)ccc3C)cc2Cl)c1. The fraction of sp³-hybridized carbons (Fsp3) is 0.167. The number of anilines is 1. The van der Waals surface area contributed by atoms with E-state index in [0.29, 0.717) is 10.8 Å². The molecule has 0 radical (unpaired) electrons. The number of ether oxygens (including phenoxy) is 1. The molecule has 0 aromatic heterocycles. The van der Waals surface area contributed by atoms with Gasteiger partial charge in [0.2, 0.25) is 0 Å². The predicted octanol–water partition coefficient (Wildman–Crippen LogP) is 6.03. The van der Waals surface area contributed by atoms with Crippen LogP contribution in [0.25, 0.3) is 0 Å². The Balaban J connectivity index is 1.61. The molecule has 0 saturated heterocycles. The summed E-state index contributed by atoms with van der Waals surface area (Å²) in [7, 11) is 0. The zero-order valence-electron chi connectivity index (χ0n) is 16.7. The molecule has 0 saturated carbocycles. The van der Waals surface area contributed by atoms with Gasteiger partial charge in [0.1, 0.15) is 5.75 Å². The van der Waals surface area contributed by atoms with Gasteiger partial charge in [0.15, 0.2) is 6.61 Å². The van der Waals surface area contributed by atoms with Crippen LogP contribution >= 0.6 is 11.6 Å². The van der Waals surface area contributed by atoms with Gasteiger partial charge < -0.3 is 10.1 Å². The molecule has 0 bridgehead atoms. The molecule has 0 heterocycles. The van der Waals surface area contributed by atoms with Crippen molar-refractivity contribution < 1.29 is 9.53 Å². The number of hydrogen-bond donors (Lipinski definition) is 1. The van der Waals surface area contributed by atoms with Crippen molar-refractivity contribution in [2.24, 2.45) is 4.99 Å². The van der Waals surface area contributed by atoms with E-state index in [4.69, 9.17) is 16.3 Å². The van der Waals surface area contributed by atoms with Gasteiger partial charge in [-0.05, 0) is 79.4 Å². The summed E-state index contributed by atoms with van der Waals surface area (Å²) in [4.78, 5) is 16.6. The summed E-state index contributed by atoms with van der Waals surface area (Å²) in [5.41, 5.74) is 5.86. The first kappa shape index (κ1) is 20.6. The summed E-state index contributed by atoms with van der Waals surface area (Å²) in [6.45, 7) is 5.91. The van der Waals surface area contributed by atoms with Crippen LogP contribution in [-0.4, -0.2) is 18.7 Å². The summed E-state index contributed by atoms with van der Waals surface area (Å²) < 4.78 is 5.57. The van der Waals surface area contributed by atoms with E-state index >= 15 is 0 Å². The lowest BCUT2D eigenvalue weighted by molar-refractivity contribution is -0.118. The molecule has 1 amide bonds. The zero-order valence-corrected chi connectivity index (χ0v) is 17.5.